The van der Waals surface area contributed by atoms with Crippen LogP contribution < -0.4 is 0 Å². The fourth-order valence-electron chi connectivity index (χ4n) is 3.41. The van der Waals surface area contributed by atoms with Crippen molar-refractivity contribution < 1.29 is 14.1 Å². The summed E-state index contributed by atoms with van der Waals surface area (Å²) < 4.78 is 6.83. The quantitative estimate of drug-likeness (QED) is 0.596. The highest BCUT2D eigenvalue weighted by Gasteiger charge is 2.30. The molecule has 0 saturated carbocycles. The summed E-state index contributed by atoms with van der Waals surface area (Å²) in [4.78, 5) is 27.6. The second kappa shape index (κ2) is 7.28. The molecule has 3 heterocycles. The molecule has 3 rings (SSSR count). The molecule has 0 radical (unpaired) electrons. The Kier molecular flexibility index (Phi) is 5.08. The van der Waals surface area contributed by atoms with Crippen molar-refractivity contribution in [1.82, 2.24) is 19.6 Å². The number of hydrogen-bond donors (Lipinski definition) is 0. The first kappa shape index (κ1) is 18.1. The van der Waals surface area contributed by atoms with Crippen molar-refractivity contribution in [3.05, 3.63) is 45.7 Å². The number of furan rings is 1. The van der Waals surface area contributed by atoms with Crippen molar-refractivity contribution >= 4 is 11.6 Å². The average Bonchev–Trinajstić information content (AvgIpc) is 3.21. The van der Waals surface area contributed by atoms with Crippen molar-refractivity contribution in [2.75, 3.05) is 26.2 Å². The maximum atomic E-state index is 12.8. The number of nitrogens with zero attached hydrogens (tertiary/aromatic N) is 5. The minimum atomic E-state index is -0.570. The molecule has 1 unspecified atom stereocenters. The topological polar surface area (TPSA) is 97.7 Å². The fourth-order valence-corrected chi connectivity index (χ4v) is 3.41. The molecule has 0 spiro atoms. The van der Waals surface area contributed by atoms with E-state index in [2.05, 4.69) is 10.00 Å². The number of carbonyl (C=O) groups excluding carboxylic acids is 1. The van der Waals surface area contributed by atoms with Gasteiger partial charge in [0.1, 0.15) is 23.2 Å². The molecular weight excluding hydrogens is 338 g/mol. The van der Waals surface area contributed by atoms with Crippen LogP contribution in [-0.2, 0) is 11.3 Å². The van der Waals surface area contributed by atoms with Crippen LogP contribution in [0.15, 0.2) is 22.8 Å². The third-order valence-corrected chi connectivity index (χ3v) is 4.84. The highest BCUT2D eigenvalue weighted by atomic mass is 16.6. The van der Waals surface area contributed by atoms with Crippen LogP contribution in [0, 0.1) is 24.0 Å². The van der Waals surface area contributed by atoms with Gasteiger partial charge in [0, 0.05) is 26.2 Å². The summed E-state index contributed by atoms with van der Waals surface area (Å²) in [6.45, 7) is 8.44. The van der Waals surface area contributed by atoms with Gasteiger partial charge in [-0.2, -0.15) is 5.10 Å². The third-order valence-electron chi connectivity index (χ3n) is 4.84. The summed E-state index contributed by atoms with van der Waals surface area (Å²) in [6.07, 6.45) is 1.66. The molecule has 0 aromatic carbocycles. The molecule has 1 aliphatic rings. The van der Waals surface area contributed by atoms with Crippen LogP contribution in [-0.4, -0.2) is 56.6 Å². The Morgan fingerprint density at radius 1 is 1.35 bits per heavy atom. The molecular formula is C17H23N5O4. The van der Waals surface area contributed by atoms with Gasteiger partial charge in [-0.1, -0.05) is 0 Å². The zero-order valence-corrected chi connectivity index (χ0v) is 15.2. The van der Waals surface area contributed by atoms with Crippen LogP contribution >= 0.6 is 0 Å². The number of amides is 1. The van der Waals surface area contributed by atoms with Crippen molar-refractivity contribution in [3.8, 4) is 0 Å². The first-order valence-electron chi connectivity index (χ1n) is 8.62. The Morgan fingerprint density at radius 3 is 2.58 bits per heavy atom. The van der Waals surface area contributed by atoms with Gasteiger partial charge >= 0.3 is 5.69 Å². The Bertz CT molecular complexity index is 790. The summed E-state index contributed by atoms with van der Waals surface area (Å²) in [5.41, 5.74) is 0.716. The largest absolute Gasteiger partial charge is 0.468 e. The molecule has 1 atom stereocenters. The van der Waals surface area contributed by atoms with E-state index in [9.17, 15) is 14.9 Å². The minimum Gasteiger partial charge on any atom is -0.468 e. The Labute approximate surface area is 151 Å². The van der Waals surface area contributed by atoms with Gasteiger partial charge < -0.3 is 9.32 Å². The van der Waals surface area contributed by atoms with E-state index in [1.807, 2.05) is 12.1 Å². The summed E-state index contributed by atoms with van der Waals surface area (Å²) in [5.74, 6) is 0.844. The van der Waals surface area contributed by atoms with E-state index in [1.54, 1.807) is 31.9 Å². The van der Waals surface area contributed by atoms with Gasteiger partial charge in [-0.15, -0.1) is 0 Å². The molecule has 1 aliphatic heterocycles. The Balaban J connectivity index is 1.63. The van der Waals surface area contributed by atoms with Gasteiger partial charge in [-0.05, 0) is 32.9 Å². The van der Waals surface area contributed by atoms with Crippen LogP contribution in [0.4, 0.5) is 5.69 Å². The van der Waals surface area contributed by atoms with Gasteiger partial charge in [0.15, 0.2) is 0 Å². The van der Waals surface area contributed by atoms with Crippen LogP contribution in [0.2, 0.25) is 0 Å². The van der Waals surface area contributed by atoms with Gasteiger partial charge in [-0.25, -0.2) is 0 Å². The Morgan fingerprint density at radius 2 is 2.04 bits per heavy atom. The number of hydrogen-bond acceptors (Lipinski definition) is 6. The van der Waals surface area contributed by atoms with E-state index in [0.717, 1.165) is 25.4 Å². The van der Waals surface area contributed by atoms with Gasteiger partial charge in [0.25, 0.3) is 0 Å². The van der Waals surface area contributed by atoms with Crippen LogP contribution in [0.25, 0.3) is 0 Å². The summed E-state index contributed by atoms with van der Waals surface area (Å²) in [7, 11) is 0. The molecule has 1 fully saturated rings. The number of aryl methyl sites for hydroxylation is 1. The van der Waals surface area contributed by atoms with Crippen molar-refractivity contribution in [2.45, 2.75) is 33.4 Å². The molecule has 140 valence electrons. The molecule has 0 aliphatic carbocycles. The van der Waals surface area contributed by atoms with Gasteiger partial charge in [0.05, 0.1) is 17.7 Å². The fraction of sp³-hybridized carbons (Fsp3) is 0.529. The van der Waals surface area contributed by atoms with E-state index >= 15 is 0 Å². The smallest absolute Gasteiger partial charge is 0.312 e. The normalized spacial score (nSPS) is 16.7. The maximum Gasteiger partial charge on any atom is 0.312 e. The number of rotatable bonds is 5. The van der Waals surface area contributed by atoms with Crippen LogP contribution in [0.5, 0.6) is 0 Å². The average molecular weight is 361 g/mol. The van der Waals surface area contributed by atoms with E-state index in [1.165, 1.54) is 4.68 Å². The highest BCUT2D eigenvalue weighted by molar-refractivity contribution is 5.80. The van der Waals surface area contributed by atoms with Crippen molar-refractivity contribution in [1.29, 1.82) is 0 Å². The predicted molar refractivity (Wildman–Crippen MR) is 93.6 cm³/mol. The van der Waals surface area contributed by atoms with Gasteiger partial charge in [-0.3, -0.25) is 24.5 Å². The summed E-state index contributed by atoms with van der Waals surface area (Å²) in [6, 6.07) is 3.23. The van der Waals surface area contributed by atoms with E-state index in [0.29, 0.717) is 24.5 Å². The lowest BCUT2D eigenvalue weighted by Crippen LogP contribution is -2.50. The first-order chi connectivity index (χ1) is 12.4. The van der Waals surface area contributed by atoms with Crippen molar-refractivity contribution in [3.63, 3.8) is 0 Å². The van der Waals surface area contributed by atoms with Crippen molar-refractivity contribution in [2.24, 2.45) is 0 Å². The lowest BCUT2D eigenvalue weighted by molar-refractivity contribution is -0.386. The Hall–Kier alpha value is -2.68. The molecule has 0 bridgehead atoms. The third kappa shape index (κ3) is 3.48. The van der Waals surface area contributed by atoms with E-state index in [-0.39, 0.29) is 11.6 Å². The predicted octanol–water partition coefficient (Wildman–Crippen LogP) is 1.91. The summed E-state index contributed by atoms with van der Waals surface area (Å²) in [5, 5.41) is 15.4. The van der Waals surface area contributed by atoms with Crippen LogP contribution in [0.1, 0.15) is 30.1 Å². The molecule has 1 amide bonds. The summed E-state index contributed by atoms with van der Waals surface area (Å²) >= 11 is 0. The molecule has 2 aromatic heterocycles. The number of nitro groups is 1. The second-order valence-corrected chi connectivity index (χ2v) is 6.58. The molecule has 26 heavy (non-hydrogen) atoms. The standard InChI is InChI=1S/C17H23N5O4/c1-12-16(22(24)25)13(2)21(18-12)14(3)17(23)20-8-6-19(7-9-20)11-15-5-4-10-26-15/h4-5,10,14H,6-9,11H2,1-3H3. The lowest BCUT2D eigenvalue weighted by Gasteiger charge is -2.35. The van der Waals surface area contributed by atoms with Gasteiger partial charge in [0.2, 0.25) is 5.91 Å². The molecule has 9 heteroatoms. The molecule has 9 nitrogen and oxygen atoms in total. The maximum absolute atomic E-state index is 12.8. The second-order valence-electron chi connectivity index (χ2n) is 6.58. The molecule has 0 N–H and O–H groups in total. The molecule has 1 saturated heterocycles. The van der Waals surface area contributed by atoms with E-state index in [4.69, 9.17) is 4.42 Å². The van der Waals surface area contributed by atoms with E-state index < -0.39 is 11.0 Å². The zero-order valence-electron chi connectivity index (χ0n) is 15.2. The lowest BCUT2D eigenvalue weighted by atomic mass is 10.2. The first-order valence-corrected chi connectivity index (χ1v) is 8.62. The highest BCUT2D eigenvalue weighted by Crippen LogP contribution is 2.25. The number of aromatic nitrogens is 2. The SMILES string of the molecule is Cc1nn(C(C)C(=O)N2CCN(Cc3ccco3)CC2)c(C)c1[N+](=O)[O-]. The molecule has 2 aromatic rings. The zero-order chi connectivity index (χ0) is 18.8. The minimum absolute atomic E-state index is 0.0204. The number of piperazine rings is 1. The number of carbonyl (C=O) groups is 1. The monoisotopic (exact) mass is 361 g/mol. The van der Waals surface area contributed by atoms with Crippen LogP contribution in [0.3, 0.4) is 0 Å².